The SMILES string of the molecule is CC(NC(=O)Cc1ncc(Br)cc1Cl)C1CCOC1. The molecule has 1 aliphatic rings. The standard InChI is InChI=1S/C13H16BrClN2O2/c1-8(9-2-3-19-7-9)17-13(18)5-12-11(15)4-10(14)6-16-12/h4,6,8-9H,2-3,5,7H2,1H3,(H,17,18). The third-order valence-electron chi connectivity index (χ3n) is 3.27. The van der Waals surface area contributed by atoms with Crippen LogP contribution in [0.2, 0.25) is 5.02 Å². The van der Waals surface area contributed by atoms with Crippen LogP contribution in [0.25, 0.3) is 0 Å². The number of pyridine rings is 1. The minimum atomic E-state index is -0.0591. The molecule has 1 aliphatic heterocycles. The van der Waals surface area contributed by atoms with E-state index in [2.05, 4.69) is 26.2 Å². The van der Waals surface area contributed by atoms with Crippen LogP contribution >= 0.6 is 27.5 Å². The number of aromatic nitrogens is 1. The van der Waals surface area contributed by atoms with Crippen molar-refractivity contribution in [1.29, 1.82) is 0 Å². The van der Waals surface area contributed by atoms with Gasteiger partial charge >= 0.3 is 0 Å². The Morgan fingerprint density at radius 1 is 1.74 bits per heavy atom. The summed E-state index contributed by atoms with van der Waals surface area (Å²) in [6.07, 6.45) is 2.84. The summed E-state index contributed by atoms with van der Waals surface area (Å²) >= 11 is 9.33. The summed E-state index contributed by atoms with van der Waals surface area (Å²) in [6, 6.07) is 1.86. The third kappa shape index (κ3) is 4.16. The summed E-state index contributed by atoms with van der Waals surface area (Å²) in [4.78, 5) is 16.1. The fraction of sp³-hybridized carbons (Fsp3) is 0.538. The van der Waals surface area contributed by atoms with Gasteiger partial charge in [0.2, 0.25) is 5.91 Å². The summed E-state index contributed by atoms with van der Waals surface area (Å²) in [5.74, 6) is 0.341. The van der Waals surface area contributed by atoms with Gasteiger partial charge in [0.15, 0.2) is 0 Å². The van der Waals surface area contributed by atoms with Gasteiger partial charge in [-0.05, 0) is 35.3 Å². The number of hydrogen-bond acceptors (Lipinski definition) is 3. The molecule has 0 saturated carbocycles. The molecule has 2 rings (SSSR count). The van der Waals surface area contributed by atoms with Gasteiger partial charge in [-0.2, -0.15) is 0 Å². The molecule has 2 heterocycles. The van der Waals surface area contributed by atoms with E-state index in [4.69, 9.17) is 16.3 Å². The zero-order valence-electron chi connectivity index (χ0n) is 10.7. The van der Waals surface area contributed by atoms with Crippen LogP contribution in [-0.4, -0.2) is 30.1 Å². The Bertz CT molecular complexity index is 464. The molecule has 1 amide bonds. The second-order valence-electron chi connectivity index (χ2n) is 4.74. The van der Waals surface area contributed by atoms with E-state index < -0.39 is 0 Å². The number of amides is 1. The highest BCUT2D eigenvalue weighted by molar-refractivity contribution is 9.10. The van der Waals surface area contributed by atoms with Gasteiger partial charge in [0.1, 0.15) is 0 Å². The van der Waals surface area contributed by atoms with E-state index in [1.807, 2.05) is 6.92 Å². The monoisotopic (exact) mass is 346 g/mol. The lowest BCUT2D eigenvalue weighted by Crippen LogP contribution is -2.39. The largest absolute Gasteiger partial charge is 0.381 e. The summed E-state index contributed by atoms with van der Waals surface area (Å²) in [5, 5.41) is 3.48. The van der Waals surface area contributed by atoms with Gasteiger partial charge in [0.05, 0.1) is 23.7 Å². The Hall–Kier alpha value is -0.650. The van der Waals surface area contributed by atoms with Gasteiger partial charge in [0, 0.05) is 29.2 Å². The van der Waals surface area contributed by atoms with Crippen molar-refractivity contribution in [3.8, 4) is 0 Å². The number of nitrogens with one attached hydrogen (secondary N) is 1. The maximum atomic E-state index is 12.0. The zero-order chi connectivity index (χ0) is 13.8. The number of nitrogens with zero attached hydrogens (tertiary/aromatic N) is 1. The highest BCUT2D eigenvalue weighted by Gasteiger charge is 2.23. The number of ether oxygens (including phenoxy) is 1. The molecule has 0 radical (unpaired) electrons. The molecule has 1 aromatic rings. The van der Waals surface area contributed by atoms with E-state index in [9.17, 15) is 4.79 Å². The van der Waals surface area contributed by atoms with Crippen molar-refractivity contribution in [2.75, 3.05) is 13.2 Å². The molecule has 104 valence electrons. The molecule has 0 aromatic carbocycles. The van der Waals surface area contributed by atoms with Crippen molar-refractivity contribution in [3.05, 3.63) is 27.5 Å². The number of hydrogen-bond donors (Lipinski definition) is 1. The van der Waals surface area contributed by atoms with Crippen LogP contribution in [0.4, 0.5) is 0 Å². The minimum absolute atomic E-state index is 0.0591. The summed E-state index contributed by atoms with van der Waals surface area (Å²) < 4.78 is 6.12. The first kappa shape index (κ1) is 14.8. The normalized spacial score (nSPS) is 20.3. The van der Waals surface area contributed by atoms with Crippen molar-refractivity contribution in [1.82, 2.24) is 10.3 Å². The van der Waals surface area contributed by atoms with E-state index in [0.29, 0.717) is 16.6 Å². The first-order chi connectivity index (χ1) is 9.06. The topological polar surface area (TPSA) is 51.2 Å². The quantitative estimate of drug-likeness (QED) is 0.911. The average Bonchev–Trinajstić information content (AvgIpc) is 2.86. The Morgan fingerprint density at radius 2 is 2.53 bits per heavy atom. The number of carbonyl (C=O) groups is 1. The van der Waals surface area contributed by atoms with Crippen molar-refractivity contribution < 1.29 is 9.53 Å². The lowest BCUT2D eigenvalue weighted by Gasteiger charge is -2.19. The van der Waals surface area contributed by atoms with E-state index in [0.717, 1.165) is 24.1 Å². The smallest absolute Gasteiger partial charge is 0.226 e. The third-order valence-corrected chi connectivity index (χ3v) is 4.03. The summed E-state index contributed by atoms with van der Waals surface area (Å²) in [5.41, 5.74) is 0.595. The molecule has 1 saturated heterocycles. The average molecular weight is 348 g/mol. The van der Waals surface area contributed by atoms with Gasteiger partial charge in [-0.1, -0.05) is 11.6 Å². The number of halogens is 2. The molecule has 2 unspecified atom stereocenters. The number of carbonyl (C=O) groups excluding carboxylic acids is 1. The maximum Gasteiger partial charge on any atom is 0.226 e. The fourth-order valence-corrected chi connectivity index (χ4v) is 2.79. The van der Waals surface area contributed by atoms with Gasteiger partial charge in [0.25, 0.3) is 0 Å². The van der Waals surface area contributed by atoms with E-state index in [1.54, 1.807) is 12.3 Å². The molecule has 19 heavy (non-hydrogen) atoms. The fourth-order valence-electron chi connectivity index (χ4n) is 2.09. The highest BCUT2D eigenvalue weighted by atomic mass is 79.9. The second kappa shape index (κ2) is 6.68. The van der Waals surface area contributed by atoms with Crippen LogP contribution in [-0.2, 0) is 16.0 Å². The molecular weight excluding hydrogens is 332 g/mol. The Labute approximate surface area is 126 Å². The van der Waals surface area contributed by atoms with E-state index in [1.165, 1.54) is 0 Å². The first-order valence-corrected chi connectivity index (χ1v) is 7.40. The lowest BCUT2D eigenvalue weighted by molar-refractivity contribution is -0.121. The minimum Gasteiger partial charge on any atom is -0.381 e. The van der Waals surface area contributed by atoms with Crippen molar-refractivity contribution in [3.63, 3.8) is 0 Å². The molecular formula is C13H16BrClN2O2. The molecule has 1 aromatic heterocycles. The maximum absolute atomic E-state index is 12.0. The molecule has 0 spiro atoms. The van der Waals surface area contributed by atoms with Crippen LogP contribution in [0.5, 0.6) is 0 Å². The molecule has 1 fully saturated rings. The molecule has 0 bridgehead atoms. The molecule has 1 N–H and O–H groups in total. The molecule has 0 aliphatic carbocycles. The molecule has 2 atom stereocenters. The zero-order valence-corrected chi connectivity index (χ0v) is 13.0. The highest BCUT2D eigenvalue weighted by Crippen LogP contribution is 2.20. The Kier molecular flexibility index (Phi) is 5.19. The van der Waals surface area contributed by atoms with Crippen molar-refractivity contribution in [2.45, 2.75) is 25.8 Å². The predicted octanol–water partition coefficient (Wildman–Crippen LogP) is 2.58. The summed E-state index contributed by atoms with van der Waals surface area (Å²) in [6.45, 7) is 3.51. The Morgan fingerprint density at radius 3 is 3.16 bits per heavy atom. The van der Waals surface area contributed by atoms with Gasteiger partial charge in [-0.25, -0.2) is 0 Å². The van der Waals surface area contributed by atoms with Crippen molar-refractivity contribution in [2.24, 2.45) is 5.92 Å². The van der Waals surface area contributed by atoms with Gasteiger partial charge in [-0.15, -0.1) is 0 Å². The second-order valence-corrected chi connectivity index (χ2v) is 6.06. The summed E-state index contributed by atoms with van der Waals surface area (Å²) in [7, 11) is 0. The van der Waals surface area contributed by atoms with E-state index in [-0.39, 0.29) is 18.4 Å². The van der Waals surface area contributed by atoms with Gasteiger partial charge < -0.3 is 10.1 Å². The van der Waals surface area contributed by atoms with Crippen LogP contribution in [0.15, 0.2) is 16.7 Å². The molecule has 6 heteroatoms. The van der Waals surface area contributed by atoms with Gasteiger partial charge in [-0.3, -0.25) is 9.78 Å². The van der Waals surface area contributed by atoms with Crippen LogP contribution in [0.1, 0.15) is 19.0 Å². The van der Waals surface area contributed by atoms with Crippen molar-refractivity contribution >= 4 is 33.4 Å². The van der Waals surface area contributed by atoms with Crippen LogP contribution < -0.4 is 5.32 Å². The van der Waals surface area contributed by atoms with E-state index >= 15 is 0 Å². The number of rotatable bonds is 4. The molecule has 4 nitrogen and oxygen atoms in total. The van der Waals surface area contributed by atoms with Crippen LogP contribution in [0, 0.1) is 5.92 Å². The predicted molar refractivity (Wildman–Crippen MR) is 77.2 cm³/mol. The Balaban J connectivity index is 1.89. The lowest BCUT2D eigenvalue weighted by atomic mass is 10.0. The first-order valence-electron chi connectivity index (χ1n) is 6.23. The van der Waals surface area contributed by atoms with Crippen LogP contribution in [0.3, 0.4) is 0 Å².